The van der Waals surface area contributed by atoms with Gasteiger partial charge in [0.25, 0.3) is 0 Å². The molecular weight excluding hydrogens is 270 g/mol. The van der Waals surface area contributed by atoms with Gasteiger partial charge in [-0.2, -0.15) is 0 Å². The van der Waals surface area contributed by atoms with Crippen LogP contribution in [0, 0.1) is 0 Å². The van der Waals surface area contributed by atoms with E-state index in [9.17, 15) is 9.59 Å². The first kappa shape index (κ1) is 17.0. The van der Waals surface area contributed by atoms with E-state index in [0.717, 1.165) is 5.56 Å². The number of hydrogen-bond acceptors (Lipinski definition) is 4. The summed E-state index contributed by atoms with van der Waals surface area (Å²) in [7, 11) is 1.53. The van der Waals surface area contributed by atoms with E-state index in [1.807, 2.05) is 30.9 Å². The number of benzene rings is 1. The molecule has 1 aromatic rings. The summed E-state index contributed by atoms with van der Waals surface area (Å²) in [5.74, 6) is 0.595. The number of methoxy groups -OCH3 is 1. The van der Waals surface area contributed by atoms with Crippen LogP contribution in [-0.4, -0.2) is 36.5 Å². The van der Waals surface area contributed by atoms with Gasteiger partial charge in [-0.15, -0.1) is 0 Å². The molecule has 0 heterocycles. The maximum absolute atomic E-state index is 11.5. The molecule has 0 N–H and O–H groups in total. The van der Waals surface area contributed by atoms with Crippen LogP contribution >= 0.6 is 0 Å². The fraction of sp³-hybridized carbons (Fsp3) is 0.500. The van der Waals surface area contributed by atoms with Crippen molar-refractivity contribution in [2.24, 2.45) is 0 Å². The zero-order chi connectivity index (χ0) is 16.0. The molecule has 0 aromatic heterocycles. The zero-order valence-electron chi connectivity index (χ0n) is 13.3. The van der Waals surface area contributed by atoms with Gasteiger partial charge in [0.2, 0.25) is 5.91 Å². The van der Waals surface area contributed by atoms with Crippen molar-refractivity contribution >= 4 is 11.9 Å². The van der Waals surface area contributed by atoms with Gasteiger partial charge in [-0.05, 0) is 38.0 Å². The molecule has 1 aromatic carbocycles. The quantitative estimate of drug-likeness (QED) is 0.597. The van der Waals surface area contributed by atoms with Gasteiger partial charge < -0.3 is 14.4 Å². The van der Waals surface area contributed by atoms with Gasteiger partial charge in [-0.25, -0.2) is 0 Å². The number of hydrogen-bond donors (Lipinski definition) is 0. The fourth-order valence-electron chi connectivity index (χ4n) is 2.37. The summed E-state index contributed by atoms with van der Waals surface area (Å²) in [6.07, 6.45) is 0.712. The molecule has 5 nitrogen and oxygen atoms in total. The fourth-order valence-corrected chi connectivity index (χ4v) is 2.37. The van der Waals surface area contributed by atoms with Crippen molar-refractivity contribution in [3.05, 3.63) is 23.8 Å². The molecular formula is C16H23NO4. The first-order valence-electron chi connectivity index (χ1n) is 7.01. The minimum absolute atomic E-state index is 0.0634. The Labute approximate surface area is 125 Å². The average Bonchev–Trinajstić information content (AvgIpc) is 2.40. The Hall–Kier alpha value is -2.04. The van der Waals surface area contributed by atoms with Crippen LogP contribution in [0.1, 0.15) is 33.3 Å². The van der Waals surface area contributed by atoms with E-state index >= 15 is 0 Å². The highest BCUT2D eigenvalue weighted by atomic mass is 16.6. The number of nitrogens with zero attached hydrogens (tertiary/aromatic N) is 1. The highest BCUT2D eigenvalue weighted by Gasteiger charge is 2.16. The third-order valence-corrected chi connectivity index (χ3v) is 3.29. The van der Waals surface area contributed by atoms with Crippen molar-refractivity contribution in [2.45, 2.75) is 40.2 Å². The third-order valence-electron chi connectivity index (χ3n) is 3.29. The lowest BCUT2D eigenvalue weighted by Gasteiger charge is -2.27. The topological polar surface area (TPSA) is 55.8 Å². The summed E-state index contributed by atoms with van der Waals surface area (Å²) >= 11 is 0. The Balaban J connectivity index is 2.89. The van der Waals surface area contributed by atoms with E-state index in [1.54, 1.807) is 13.0 Å². The molecule has 0 aliphatic rings. The van der Waals surface area contributed by atoms with Crippen LogP contribution in [0.2, 0.25) is 0 Å². The average molecular weight is 293 g/mol. The first-order valence-corrected chi connectivity index (χ1v) is 7.01. The highest BCUT2D eigenvalue weighted by Crippen LogP contribution is 2.29. The molecule has 116 valence electrons. The number of likely N-dealkylation sites (N-methyl/N-ethyl adjacent to an activating group) is 1. The second-order valence-corrected chi connectivity index (χ2v) is 4.94. The summed E-state index contributed by atoms with van der Waals surface area (Å²) in [6.45, 7) is 7.57. The summed E-state index contributed by atoms with van der Waals surface area (Å²) < 4.78 is 10.3. The Morgan fingerprint density at radius 3 is 2.38 bits per heavy atom. The molecule has 0 spiro atoms. The smallest absolute Gasteiger partial charge is 0.308 e. The van der Waals surface area contributed by atoms with Gasteiger partial charge in [0, 0.05) is 26.4 Å². The number of rotatable bonds is 6. The molecule has 1 rings (SSSR count). The van der Waals surface area contributed by atoms with Crippen LogP contribution < -0.4 is 9.47 Å². The molecule has 0 radical (unpaired) electrons. The molecule has 0 saturated heterocycles. The van der Waals surface area contributed by atoms with Gasteiger partial charge in [0.1, 0.15) is 0 Å². The number of ether oxygens (including phenoxy) is 2. The summed E-state index contributed by atoms with van der Waals surface area (Å²) in [4.78, 5) is 24.4. The van der Waals surface area contributed by atoms with E-state index in [-0.39, 0.29) is 17.9 Å². The van der Waals surface area contributed by atoms with Crippen molar-refractivity contribution in [3.63, 3.8) is 0 Å². The molecule has 0 aliphatic heterocycles. The molecule has 1 atom stereocenters. The van der Waals surface area contributed by atoms with Crippen LogP contribution in [0.25, 0.3) is 0 Å². The molecule has 21 heavy (non-hydrogen) atoms. The van der Waals surface area contributed by atoms with E-state index in [4.69, 9.17) is 9.47 Å². The zero-order valence-corrected chi connectivity index (χ0v) is 13.3. The third kappa shape index (κ3) is 4.77. The molecule has 0 aliphatic carbocycles. The normalized spacial score (nSPS) is 11.7. The molecule has 0 bridgehead atoms. The van der Waals surface area contributed by atoms with Crippen molar-refractivity contribution in [1.82, 2.24) is 4.90 Å². The number of carbonyl (C=O) groups is 2. The SMILES string of the molecule is CCN(C(C)=O)[C@@H](C)Cc1ccc(OC(C)=O)c(OC)c1. The van der Waals surface area contributed by atoms with E-state index in [2.05, 4.69) is 0 Å². The van der Waals surface area contributed by atoms with Crippen molar-refractivity contribution in [3.8, 4) is 11.5 Å². The molecule has 0 fully saturated rings. The second-order valence-electron chi connectivity index (χ2n) is 4.94. The molecule has 5 heteroatoms. The van der Waals surface area contributed by atoms with Gasteiger partial charge in [0.05, 0.1) is 7.11 Å². The van der Waals surface area contributed by atoms with Crippen LogP contribution in [0.15, 0.2) is 18.2 Å². The Bertz CT molecular complexity index is 513. The lowest BCUT2D eigenvalue weighted by atomic mass is 10.1. The summed E-state index contributed by atoms with van der Waals surface area (Å²) in [5.41, 5.74) is 1.02. The minimum Gasteiger partial charge on any atom is -0.493 e. The second kappa shape index (κ2) is 7.67. The van der Waals surface area contributed by atoms with E-state index < -0.39 is 0 Å². The number of esters is 1. The molecule has 1 amide bonds. The summed E-state index contributed by atoms with van der Waals surface area (Å²) in [5, 5.41) is 0. The summed E-state index contributed by atoms with van der Waals surface area (Å²) in [6, 6.07) is 5.53. The minimum atomic E-state index is -0.386. The lowest BCUT2D eigenvalue weighted by Crippen LogP contribution is -2.38. The van der Waals surface area contributed by atoms with Crippen LogP contribution in [0.3, 0.4) is 0 Å². The molecule has 0 saturated carbocycles. The van der Waals surface area contributed by atoms with Gasteiger partial charge >= 0.3 is 5.97 Å². The van der Waals surface area contributed by atoms with Crippen LogP contribution in [-0.2, 0) is 16.0 Å². The number of carbonyl (C=O) groups excluding carboxylic acids is 2. The molecule has 0 unspecified atom stereocenters. The Morgan fingerprint density at radius 1 is 1.24 bits per heavy atom. The van der Waals surface area contributed by atoms with Crippen molar-refractivity contribution in [2.75, 3.05) is 13.7 Å². The van der Waals surface area contributed by atoms with E-state index in [0.29, 0.717) is 24.5 Å². The maximum atomic E-state index is 11.5. The predicted molar refractivity (Wildman–Crippen MR) is 80.5 cm³/mol. The van der Waals surface area contributed by atoms with Gasteiger partial charge in [-0.3, -0.25) is 9.59 Å². The van der Waals surface area contributed by atoms with Crippen LogP contribution in [0.5, 0.6) is 11.5 Å². The Morgan fingerprint density at radius 2 is 1.90 bits per heavy atom. The van der Waals surface area contributed by atoms with Gasteiger partial charge in [-0.1, -0.05) is 6.07 Å². The lowest BCUT2D eigenvalue weighted by molar-refractivity contribution is -0.132. The van der Waals surface area contributed by atoms with E-state index in [1.165, 1.54) is 14.0 Å². The van der Waals surface area contributed by atoms with Crippen LogP contribution in [0.4, 0.5) is 0 Å². The largest absolute Gasteiger partial charge is 0.493 e. The van der Waals surface area contributed by atoms with Crippen molar-refractivity contribution < 1.29 is 19.1 Å². The monoisotopic (exact) mass is 293 g/mol. The highest BCUT2D eigenvalue weighted by molar-refractivity contribution is 5.73. The predicted octanol–water partition coefficient (Wildman–Crippen LogP) is 2.42. The number of amides is 1. The Kier molecular flexibility index (Phi) is 6.21. The van der Waals surface area contributed by atoms with Gasteiger partial charge in [0.15, 0.2) is 11.5 Å². The standard InChI is InChI=1S/C16H23NO4/c1-6-17(12(3)18)11(2)9-14-7-8-15(21-13(4)19)16(10-14)20-5/h7-8,10-11H,6,9H2,1-5H3/t11-/m0/s1. The first-order chi connectivity index (χ1) is 9.88. The van der Waals surface area contributed by atoms with Crippen molar-refractivity contribution in [1.29, 1.82) is 0 Å². The maximum Gasteiger partial charge on any atom is 0.308 e.